The Morgan fingerprint density at radius 3 is 2.19 bits per heavy atom. The summed E-state index contributed by atoms with van der Waals surface area (Å²) in [6.45, 7) is 2.07. The summed E-state index contributed by atoms with van der Waals surface area (Å²) in [6, 6.07) is 15.0. The summed E-state index contributed by atoms with van der Waals surface area (Å²) >= 11 is 0. The second-order valence-electron chi connectivity index (χ2n) is 3.95. The monoisotopic (exact) mass is 213 g/mol. The highest BCUT2D eigenvalue weighted by molar-refractivity contribution is 5.29. The van der Waals surface area contributed by atoms with Crippen LogP contribution in [0.5, 0.6) is 0 Å². The van der Waals surface area contributed by atoms with Crippen molar-refractivity contribution in [2.24, 2.45) is 0 Å². The lowest BCUT2D eigenvalue weighted by atomic mass is 10.0. The molecule has 1 radical (unpaired) electrons. The van der Waals surface area contributed by atoms with Crippen molar-refractivity contribution < 1.29 is 4.39 Å². The maximum atomic E-state index is 12.7. The quantitative estimate of drug-likeness (QED) is 0.724. The molecule has 2 aromatic carbocycles. The normalized spacial score (nSPS) is 10.4. The van der Waals surface area contributed by atoms with Crippen LogP contribution in [0.2, 0.25) is 0 Å². The highest BCUT2D eigenvalue weighted by Crippen LogP contribution is 2.11. The van der Waals surface area contributed by atoms with Gasteiger partial charge in [-0.15, -0.1) is 0 Å². The molecule has 0 spiro atoms. The second-order valence-corrected chi connectivity index (χ2v) is 3.95. The maximum Gasteiger partial charge on any atom is 0.123 e. The fourth-order valence-electron chi connectivity index (χ4n) is 1.56. The average molecular weight is 213 g/mol. The van der Waals surface area contributed by atoms with Crippen LogP contribution in [-0.4, -0.2) is 0 Å². The third-order valence-corrected chi connectivity index (χ3v) is 2.56. The molecule has 0 saturated heterocycles. The van der Waals surface area contributed by atoms with Crippen molar-refractivity contribution in [3.63, 3.8) is 0 Å². The molecule has 0 aliphatic heterocycles. The Balaban J connectivity index is 1.97. The standard InChI is InChI=1S/C15H14F/c1-12-2-4-13(5-3-12)6-7-14-8-10-15(16)11-9-14/h2-6,8-11H,7H2,1H3. The molecular formula is C15H14F. The summed E-state index contributed by atoms with van der Waals surface area (Å²) in [6.07, 6.45) is 2.98. The van der Waals surface area contributed by atoms with Crippen LogP contribution in [0.3, 0.4) is 0 Å². The Labute approximate surface area is 95.7 Å². The molecule has 0 amide bonds. The number of aryl methyl sites for hydroxylation is 1. The highest BCUT2D eigenvalue weighted by Gasteiger charge is 1.96. The van der Waals surface area contributed by atoms with Crippen LogP contribution in [0.1, 0.15) is 16.7 Å². The minimum absolute atomic E-state index is 0.181. The Hall–Kier alpha value is -1.63. The third kappa shape index (κ3) is 2.93. The van der Waals surface area contributed by atoms with Crippen LogP contribution in [0.15, 0.2) is 48.5 Å². The molecule has 0 fully saturated rings. The summed E-state index contributed by atoms with van der Waals surface area (Å²) in [5, 5.41) is 0. The van der Waals surface area contributed by atoms with Crippen LogP contribution in [0, 0.1) is 19.2 Å². The van der Waals surface area contributed by atoms with Gasteiger partial charge in [0.2, 0.25) is 0 Å². The van der Waals surface area contributed by atoms with E-state index >= 15 is 0 Å². The van der Waals surface area contributed by atoms with E-state index < -0.39 is 0 Å². The van der Waals surface area contributed by atoms with Gasteiger partial charge in [0.1, 0.15) is 5.82 Å². The fraction of sp³-hybridized carbons (Fsp3) is 0.133. The molecule has 2 aromatic rings. The molecule has 1 heteroatoms. The van der Waals surface area contributed by atoms with Gasteiger partial charge in [0.15, 0.2) is 0 Å². The first kappa shape index (κ1) is 10.9. The molecule has 0 nitrogen and oxygen atoms in total. The predicted octanol–water partition coefficient (Wildman–Crippen LogP) is 3.93. The lowest BCUT2D eigenvalue weighted by Crippen LogP contribution is -1.89. The summed E-state index contributed by atoms with van der Waals surface area (Å²) in [7, 11) is 0. The number of halogens is 1. The Kier molecular flexibility index (Phi) is 3.35. The Bertz CT molecular complexity index is 394. The minimum atomic E-state index is -0.181. The molecule has 0 bridgehead atoms. The van der Waals surface area contributed by atoms with Gasteiger partial charge in [-0.1, -0.05) is 42.0 Å². The second kappa shape index (κ2) is 4.93. The van der Waals surface area contributed by atoms with Crippen molar-refractivity contribution >= 4 is 0 Å². The molecular weight excluding hydrogens is 199 g/mol. The average Bonchev–Trinajstić information content (AvgIpc) is 2.30. The van der Waals surface area contributed by atoms with Gasteiger partial charge >= 0.3 is 0 Å². The molecule has 16 heavy (non-hydrogen) atoms. The molecule has 0 saturated carbocycles. The molecule has 81 valence electrons. The molecule has 0 unspecified atom stereocenters. The highest BCUT2D eigenvalue weighted by atomic mass is 19.1. The molecule has 0 N–H and O–H groups in total. The summed E-state index contributed by atoms with van der Waals surface area (Å²) < 4.78 is 12.7. The van der Waals surface area contributed by atoms with Gasteiger partial charge in [0.05, 0.1) is 0 Å². The Morgan fingerprint density at radius 2 is 1.56 bits per heavy atom. The summed E-state index contributed by atoms with van der Waals surface area (Å²) in [4.78, 5) is 0. The van der Waals surface area contributed by atoms with E-state index in [2.05, 4.69) is 37.6 Å². The van der Waals surface area contributed by atoms with Crippen molar-refractivity contribution in [1.82, 2.24) is 0 Å². The van der Waals surface area contributed by atoms with Gasteiger partial charge in [-0.3, -0.25) is 0 Å². The van der Waals surface area contributed by atoms with E-state index in [4.69, 9.17) is 0 Å². The van der Waals surface area contributed by atoms with Gasteiger partial charge in [0.25, 0.3) is 0 Å². The zero-order valence-corrected chi connectivity index (χ0v) is 9.28. The van der Waals surface area contributed by atoms with Crippen molar-refractivity contribution in [3.05, 3.63) is 77.5 Å². The largest absolute Gasteiger partial charge is 0.207 e. The first-order valence-corrected chi connectivity index (χ1v) is 5.38. The minimum Gasteiger partial charge on any atom is -0.207 e. The van der Waals surface area contributed by atoms with Crippen molar-refractivity contribution in [1.29, 1.82) is 0 Å². The maximum absolute atomic E-state index is 12.7. The predicted molar refractivity (Wildman–Crippen MR) is 64.7 cm³/mol. The van der Waals surface area contributed by atoms with Crippen LogP contribution < -0.4 is 0 Å². The SMILES string of the molecule is Cc1ccc([CH]Cc2ccc(F)cc2)cc1. The van der Waals surface area contributed by atoms with E-state index in [1.807, 2.05) is 12.1 Å². The lowest BCUT2D eigenvalue weighted by molar-refractivity contribution is 0.627. The number of rotatable bonds is 3. The van der Waals surface area contributed by atoms with Gasteiger partial charge < -0.3 is 0 Å². The molecule has 0 aromatic heterocycles. The molecule has 0 heterocycles. The van der Waals surface area contributed by atoms with Gasteiger partial charge in [-0.2, -0.15) is 0 Å². The number of hydrogen-bond acceptors (Lipinski definition) is 0. The topological polar surface area (TPSA) is 0 Å². The smallest absolute Gasteiger partial charge is 0.123 e. The summed E-state index contributed by atoms with van der Waals surface area (Å²) in [5.41, 5.74) is 3.59. The first-order chi connectivity index (χ1) is 7.74. The fourth-order valence-corrected chi connectivity index (χ4v) is 1.56. The van der Waals surface area contributed by atoms with Crippen molar-refractivity contribution in [3.8, 4) is 0 Å². The van der Waals surface area contributed by atoms with E-state index in [0.29, 0.717) is 0 Å². The zero-order chi connectivity index (χ0) is 11.4. The van der Waals surface area contributed by atoms with E-state index in [0.717, 1.165) is 12.0 Å². The van der Waals surface area contributed by atoms with E-state index in [1.54, 1.807) is 0 Å². The van der Waals surface area contributed by atoms with E-state index in [1.165, 1.54) is 23.3 Å². The molecule has 2 rings (SSSR count). The zero-order valence-electron chi connectivity index (χ0n) is 9.28. The number of benzene rings is 2. The van der Waals surface area contributed by atoms with Crippen molar-refractivity contribution in [2.45, 2.75) is 13.3 Å². The van der Waals surface area contributed by atoms with Crippen LogP contribution in [0.25, 0.3) is 0 Å². The molecule has 0 atom stereocenters. The molecule has 0 aliphatic rings. The lowest BCUT2D eigenvalue weighted by Gasteiger charge is -2.02. The van der Waals surface area contributed by atoms with Crippen LogP contribution in [0.4, 0.5) is 4.39 Å². The van der Waals surface area contributed by atoms with E-state index in [-0.39, 0.29) is 5.82 Å². The Morgan fingerprint density at radius 1 is 0.938 bits per heavy atom. The van der Waals surface area contributed by atoms with Gasteiger partial charge in [-0.25, -0.2) is 4.39 Å². The van der Waals surface area contributed by atoms with E-state index in [9.17, 15) is 4.39 Å². The molecule has 0 aliphatic carbocycles. The van der Waals surface area contributed by atoms with Gasteiger partial charge in [-0.05, 0) is 43.0 Å². The van der Waals surface area contributed by atoms with Crippen LogP contribution in [-0.2, 0) is 6.42 Å². The summed E-state index contributed by atoms with van der Waals surface area (Å²) in [5.74, 6) is -0.181. The van der Waals surface area contributed by atoms with Crippen molar-refractivity contribution in [2.75, 3.05) is 0 Å². The van der Waals surface area contributed by atoms with Gasteiger partial charge in [0, 0.05) is 0 Å². The number of hydrogen-bond donors (Lipinski definition) is 0. The van der Waals surface area contributed by atoms with Crippen LogP contribution >= 0.6 is 0 Å². The first-order valence-electron chi connectivity index (χ1n) is 5.38. The third-order valence-electron chi connectivity index (χ3n) is 2.56.